The zero-order chi connectivity index (χ0) is 28.1. The van der Waals surface area contributed by atoms with Gasteiger partial charge in [-0.25, -0.2) is 24.7 Å². The number of rotatable bonds is 7. The molecule has 0 aliphatic carbocycles. The summed E-state index contributed by atoms with van der Waals surface area (Å²) in [7, 11) is 0. The molecule has 1 heterocycles. The van der Waals surface area contributed by atoms with Gasteiger partial charge in [0.05, 0.1) is 17.3 Å². The number of carbonyl (C=O) groups excluding carboxylic acids is 3. The number of fused-ring (bicyclic) bond motifs is 1. The second kappa shape index (κ2) is 11.5. The summed E-state index contributed by atoms with van der Waals surface area (Å²) in [5.41, 5.74) is 1.72. The molecule has 0 aliphatic rings. The van der Waals surface area contributed by atoms with Gasteiger partial charge in [0.1, 0.15) is 23.1 Å². The fourth-order valence-electron chi connectivity index (χ4n) is 3.60. The third-order valence-electron chi connectivity index (χ3n) is 5.05. The number of ether oxygens (including phenoxy) is 2. The Hall–Kier alpha value is -4.21. The highest BCUT2D eigenvalue weighted by Crippen LogP contribution is 2.14. The lowest BCUT2D eigenvalue weighted by molar-refractivity contribution is -0.164. The van der Waals surface area contributed by atoms with E-state index in [0.717, 1.165) is 10.2 Å². The predicted octanol–water partition coefficient (Wildman–Crippen LogP) is 3.68. The van der Waals surface area contributed by atoms with Crippen molar-refractivity contribution in [3.05, 3.63) is 76.3 Å². The van der Waals surface area contributed by atoms with Crippen LogP contribution < -0.4 is 16.3 Å². The van der Waals surface area contributed by atoms with Crippen molar-refractivity contribution >= 4 is 28.9 Å². The van der Waals surface area contributed by atoms with Gasteiger partial charge in [-0.2, -0.15) is 0 Å². The standard InChI is InChI=1S/C28H34N4O6/c1-27(2,3)37-23(33)17-21(25(35)38-28(4,5)6)30-26(36)31-32-22(16-18-12-8-7-9-13-18)29-20-15-11-10-14-19(20)24(32)34/h7-15,21H,16-17H2,1-6H3,(H2,30,31,36). The highest BCUT2D eigenvalue weighted by atomic mass is 16.6. The van der Waals surface area contributed by atoms with E-state index in [4.69, 9.17) is 9.47 Å². The monoisotopic (exact) mass is 522 g/mol. The molecule has 1 atom stereocenters. The van der Waals surface area contributed by atoms with E-state index in [1.54, 1.807) is 65.8 Å². The van der Waals surface area contributed by atoms with E-state index in [-0.39, 0.29) is 12.2 Å². The molecule has 1 aromatic heterocycles. The summed E-state index contributed by atoms with van der Waals surface area (Å²) in [5, 5.41) is 2.77. The SMILES string of the molecule is CC(C)(C)OC(=O)CC(NC(=O)Nn1c(Cc2ccccc2)nc2ccccc2c1=O)C(=O)OC(C)(C)C. The molecule has 1 unspecified atom stereocenters. The predicted molar refractivity (Wildman–Crippen MR) is 143 cm³/mol. The molecule has 2 N–H and O–H groups in total. The van der Waals surface area contributed by atoms with Gasteiger partial charge in [-0.05, 0) is 59.2 Å². The number of carbonyl (C=O) groups is 3. The molecule has 0 radical (unpaired) electrons. The van der Waals surface area contributed by atoms with Crippen LogP contribution in [0, 0.1) is 0 Å². The molecule has 0 spiro atoms. The van der Waals surface area contributed by atoms with Crippen molar-refractivity contribution in [3.63, 3.8) is 0 Å². The van der Waals surface area contributed by atoms with Crippen molar-refractivity contribution in [2.45, 2.75) is 71.6 Å². The molecule has 2 aromatic carbocycles. The van der Waals surface area contributed by atoms with Crippen LogP contribution in [0.5, 0.6) is 0 Å². The van der Waals surface area contributed by atoms with Crippen molar-refractivity contribution in [3.8, 4) is 0 Å². The Balaban J connectivity index is 1.91. The minimum Gasteiger partial charge on any atom is -0.460 e. The van der Waals surface area contributed by atoms with Gasteiger partial charge < -0.3 is 14.8 Å². The largest absolute Gasteiger partial charge is 0.460 e. The normalized spacial score (nSPS) is 12.5. The number of urea groups is 1. The number of hydrogen-bond acceptors (Lipinski definition) is 7. The lowest BCUT2D eigenvalue weighted by Crippen LogP contribution is -2.50. The molecule has 10 heteroatoms. The molecule has 202 valence electrons. The van der Waals surface area contributed by atoms with Crippen LogP contribution in [0.25, 0.3) is 10.9 Å². The van der Waals surface area contributed by atoms with E-state index >= 15 is 0 Å². The Morgan fingerprint density at radius 3 is 2.13 bits per heavy atom. The molecule has 0 saturated carbocycles. The van der Waals surface area contributed by atoms with Crippen LogP contribution in [0.4, 0.5) is 4.79 Å². The summed E-state index contributed by atoms with van der Waals surface area (Å²) in [6.45, 7) is 10.1. The number of aromatic nitrogens is 2. The molecule has 0 aliphatic heterocycles. The molecular weight excluding hydrogens is 488 g/mol. The minimum atomic E-state index is -1.36. The van der Waals surface area contributed by atoms with Gasteiger partial charge in [0.15, 0.2) is 0 Å². The number of hydrogen-bond donors (Lipinski definition) is 2. The van der Waals surface area contributed by atoms with Crippen molar-refractivity contribution in [2.24, 2.45) is 0 Å². The van der Waals surface area contributed by atoms with Crippen LogP contribution in [-0.4, -0.2) is 44.9 Å². The molecular formula is C28H34N4O6. The lowest BCUT2D eigenvalue weighted by atomic mass is 10.1. The maximum atomic E-state index is 13.3. The number of esters is 2. The van der Waals surface area contributed by atoms with Crippen molar-refractivity contribution in [1.82, 2.24) is 15.0 Å². The van der Waals surface area contributed by atoms with Crippen molar-refractivity contribution < 1.29 is 23.9 Å². The van der Waals surface area contributed by atoms with Crippen LogP contribution in [-0.2, 0) is 25.5 Å². The van der Waals surface area contributed by atoms with Gasteiger partial charge in [-0.3, -0.25) is 9.59 Å². The number of nitrogens with one attached hydrogen (secondary N) is 2. The molecule has 2 amide bonds. The van der Waals surface area contributed by atoms with Gasteiger partial charge in [0, 0.05) is 6.42 Å². The quantitative estimate of drug-likeness (QED) is 0.453. The Morgan fingerprint density at radius 2 is 1.50 bits per heavy atom. The van der Waals surface area contributed by atoms with Gasteiger partial charge in [0.25, 0.3) is 5.56 Å². The molecule has 10 nitrogen and oxygen atoms in total. The van der Waals surface area contributed by atoms with E-state index < -0.39 is 47.2 Å². The first-order chi connectivity index (χ1) is 17.7. The van der Waals surface area contributed by atoms with Crippen molar-refractivity contribution in [2.75, 3.05) is 5.43 Å². The molecule has 0 saturated heterocycles. The summed E-state index contributed by atoms with van der Waals surface area (Å²) in [5.74, 6) is -1.22. The highest BCUT2D eigenvalue weighted by molar-refractivity contribution is 5.90. The average molecular weight is 523 g/mol. The number of amides is 2. The van der Waals surface area contributed by atoms with Crippen LogP contribution >= 0.6 is 0 Å². The summed E-state index contributed by atoms with van der Waals surface area (Å²) >= 11 is 0. The van der Waals surface area contributed by atoms with Crippen LogP contribution in [0.1, 0.15) is 59.4 Å². The van der Waals surface area contributed by atoms with Crippen LogP contribution in [0.3, 0.4) is 0 Å². The average Bonchev–Trinajstić information content (AvgIpc) is 2.79. The second-order valence-electron chi connectivity index (χ2n) is 10.8. The van der Waals surface area contributed by atoms with E-state index in [2.05, 4.69) is 15.7 Å². The number of nitrogens with zero attached hydrogens (tertiary/aromatic N) is 2. The molecule has 0 bridgehead atoms. The number of benzene rings is 2. The third-order valence-corrected chi connectivity index (χ3v) is 5.05. The first kappa shape index (κ1) is 28.4. The lowest BCUT2D eigenvalue weighted by Gasteiger charge is -2.26. The fourth-order valence-corrected chi connectivity index (χ4v) is 3.60. The Kier molecular flexibility index (Phi) is 8.55. The fraction of sp³-hybridized carbons (Fsp3) is 0.393. The topological polar surface area (TPSA) is 129 Å². The molecule has 3 aromatic rings. The van der Waals surface area contributed by atoms with Gasteiger partial charge >= 0.3 is 18.0 Å². The first-order valence-electron chi connectivity index (χ1n) is 12.3. The first-order valence-corrected chi connectivity index (χ1v) is 12.3. The van der Waals surface area contributed by atoms with Crippen molar-refractivity contribution in [1.29, 1.82) is 0 Å². The Labute approximate surface area is 221 Å². The summed E-state index contributed by atoms with van der Waals surface area (Å²) in [4.78, 5) is 56.3. The summed E-state index contributed by atoms with van der Waals surface area (Å²) in [6.07, 6.45) is -0.198. The second-order valence-corrected chi connectivity index (χ2v) is 10.8. The molecule has 0 fully saturated rings. The molecule has 3 rings (SSSR count). The van der Waals surface area contributed by atoms with Gasteiger partial charge in [-0.1, -0.05) is 42.5 Å². The summed E-state index contributed by atoms with van der Waals surface area (Å²) in [6, 6.07) is 13.9. The number of para-hydroxylation sites is 1. The minimum absolute atomic E-state index is 0.259. The zero-order valence-corrected chi connectivity index (χ0v) is 22.5. The van der Waals surface area contributed by atoms with Crippen LogP contribution in [0.15, 0.2) is 59.4 Å². The van der Waals surface area contributed by atoms with Gasteiger partial charge in [0.2, 0.25) is 0 Å². The van der Waals surface area contributed by atoms with E-state index in [1.807, 2.05) is 30.3 Å². The maximum Gasteiger partial charge on any atom is 0.334 e. The third kappa shape index (κ3) is 8.16. The zero-order valence-electron chi connectivity index (χ0n) is 22.5. The van der Waals surface area contributed by atoms with Crippen LogP contribution in [0.2, 0.25) is 0 Å². The summed E-state index contributed by atoms with van der Waals surface area (Å²) < 4.78 is 11.8. The highest BCUT2D eigenvalue weighted by Gasteiger charge is 2.31. The van der Waals surface area contributed by atoms with Gasteiger partial charge in [-0.15, -0.1) is 0 Å². The van der Waals surface area contributed by atoms with E-state index in [9.17, 15) is 19.2 Å². The Bertz CT molecular complexity index is 1370. The maximum absolute atomic E-state index is 13.3. The van der Waals surface area contributed by atoms with E-state index in [0.29, 0.717) is 10.9 Å². The Morgan fingerprint density at radius 1 is 0.895 bits per heavy atom. The van der Waals surface area contributed by atoms with E-state index in [1.165, 1.54) is 0 Å². The smallest absolute Gasteiger partial charge is 0.334 e. The molecule has 38 heavy (non-hydrogen) atoms.